The van der Waals surface area contributed by atoms with E-state index in [0.717, 1.165) is 12.2 Å². The second kappa shape index (κ2) is 6.67. The number of rotatable bonds is 4. The zero-order chi connectivity index (χ0) is 10.6. The first kappa shape index (κ1) is 14.2. The molecule has 0 amide bonds. The highest BCUT2D eigenvalue weighted by Crippen LogP contribution is 2.19. The van der Waals surface area contributed by atoms with Crippen molar-refractivity contribution in [3.8, 4) is 5.75 Å². The van der Waals surface area contributed by atoms with Crippen LogP contribution in [0.1, 0.15) is 12.5 Å². The molecule has 1 aromatic carbocycles. The molecule has 0 aliphatic rings. The predicted octanol–water partition coefficient (Wildman–Crippen LogP) is 1.85. The third-order valence-corrected chi connectivity index (χ3v) is 2.40. The highest BCUT2D eigenvalue weighted by Gasteiger charge is 2.09. The number of benzene rings is 1. The molecular weight excluding hydrogens is 212 g/mol. The van der Waals surface area contributed by atoms with Crippen molar-refractivity contribution < 1.29 is 4.74 Å². The molecule has 3 nitrogen and oxygen atoms in total. The quantitative estimate of drug-likeness (QED) is 0.634. The average Bonchev–Trinajstić information content (AvgIpc) is 2.18. The van der Waals surface area contributed by atoms with Crippen LogP contribution in [0.4, 0.5) is 0 Å². The van der Waals surface area contributed by atoms with Gasteiger partial charge in [-0.05, 0) is 25.0 Å². The minimum atomic E-state index is 0. The Bertz CT molecular complexity index is 292. The van der Waals surface area contributed by atoms with E-state index in [0.29, 0.717) is 6.04 Å². The van der Waals surface area contributed by atoms with Gasteiger partial charge in [0.25, 0.3) is 0 Å². The number of hydrogen-bond donors (Lipinski definition) is 1. The van der Waals surface area contributed by atoms with Gasteiger partial charge in [-0.25, -0.2) is 5.01 Å². The van der Waals surface area contributed by atoms with Gasteiger partial charge in [0.2, 0.25) is 0 Å². The molecule has 0 aliphatic heterocycles. The van der Waals surface area contributed by atoms with Crippen LogP contribution < -0.4 is 10.6 Å². The Morgan fingerprint density at radius 1 is 1.40 bits per heavy atom. The lowest BCUT2D eigenvalue weighted by Gasteiger charge is -2.20. The largest absolute Gasteiger partial charge is 0.496 e. The second-order valence-electron chi connectivity index (χ2n) is 3.53. The molecule has 0 bridgehead atoms. The molecule has 0 aromatic heterocycles. The molecule has 0 heterocycles. The van der Waals surface area contributed by atoms with Crippen LogP contribution in [0.25, 0.3) is 0 Å². The summed E-state index contributed by atoms with van der Waals surface area (Å²) in [4.78, 5) is 0. The average molecular weight is 231 g/mol. The highest BCUT2D eigenvalue weighted by molar-refractivity contribution is 5.85. The molecule has 1 rings (SSSR count). The zero-order valence-electron chi connectivity index (χ0n) is 9.43. The van der Waals surface area contributed by atoms with Gasteiger partial charge in [0, 0.05) is 13.1 Å². The number of methoxy groups -OCH3 is 1. The summed E-state index contributed by atoms with van der Waals surface area (Å²) in [7, 11) is 3.57. The molecule has 0 saturated carbocycles. The van der Waals surface area contributed by atoms with E-state index in [1.54, 1.807) is 12.1 Å². The van der Waals surface area contributed by atoms with Crippen LogP contribution in [0.15, 0.2) is 24.3 Å². The fourth-order valence-electron chi connectivity index (χ4n) is 1.33. The lowest BCUT2D eigenvalue weighted by Crippen LogP contribution is -2.36. The van der Waals surface area contributed by atoms with E-state index in [2.05, 4.69) is 13.0 Å². The first-order valence-electron chi connectivity index (χ1n) is 4.74. The summed E-state index contributed by atoms with van der Waals surface area (Å²) in [5.74, 6) is 6.60. The van der Waals surface area contributed by atoms with Gasteiger partial charge < -0.3 is 4.74 Å². The smallest absolute Gasteiger partial charge is 0.122 e. The normalized spacial score (nSPS) is 12.1. The van der Waals surface area contributed by atoms with Crippen LogP contribution >= 0.6 is 12.4 Å². The highest BCUT2D eigenvalue weighted by atomic mass is 35.5. The minimum absolute atomic E-state index is 0. The Morgan fingerprint density at radius 2 is 2.00 bits per heavy atom. The van der Waals surface area contributed by atoms with E-state index in [9.17, 15) is 0 Å². The van der Waals surface area contributed by atoms with E-state index in [4.69, 9.17) is 10.6 Å². The zero-order valence-corrected chi connectivity index (χ0v) is 10.3. The Hall–Kier alpha value is -0.770. The number of nitrogens with two attached hydrogens (primary N) is 1. The Labute approximate surface area is 97.6 Å². The lowest BCUT2D eigenvalue weighted by molar-refractivity contribution is 0.262. The first-order chi connectivity index (χ1) is 6.65. The summed E-state index contributed by atoms with van der Waals surface area (Å²) < 4.78 is 5.27. The summed E-state index contributed by atoms with van der Waals surface area (Å²) in [6.07, 6.45) is 0.900. The van der Waals surface area contributed by atoms with Crippen molar-refractivity contribution in [2.45, 2.75) is 19.4 Å². The molecule has 0 spiro atoms. The fraction of sp³-hybridized carbons (Fsp3) is 0.455. The van der Waals surface area contributed by atoms with E-state index in [1.807, 2.05) is 25.2 Å². The summed E-state index contributed by atoms with van der Waals surface area (Å²) in [6.45, 7) is 2.09. The van der Waals surface area contributed by atoms with Crippen molar-refractivity contribution in [1.29, 1.82) is 0 Å². The van der Waals surface area contributed by atoms with Crippen LogP contribution in [-0.2, 0) is 6.42 Å². The monoisotopic (exact) mass is 230 g/mol. The van der Waals surface area contributed by atoms with E-state index >= 15 is 0 Å². The predicted molar refractivity (Wildman–Crippen MR) is 65.4 cm³/mol. The molecule has 4 heteroatoms. The topological polar surface area (TPSA) is 38.5 Å². The Kier molecular flexibility index (Phi) is 6.32. The van der Waals surface area contributed by atoms with Gasteiger partial charge in [-0.3, -0.25) is 5.84 Å². The Balaban J connectivity index is 0.00000196. The molecule has 0 radical (unpaired) electrons. The SMILES string of the molecule is COc1ccccc1CC(C)N(C)N.Cl. The molecule has 2 N–H and O–H groups in total. The molecule has 1 atom stereocenters. The van der Waals surface area contributed by atoms with Gasteiger partial charge >= 0.3 is 0 Å². The summed E-state index contributed by atoms with van der Waals surface area (Å²) in [5, 5.41) is 1.71. The summed E-state index contributed by atoms with van der Waals surface area (Å²) in [5.41, 5.74) is 1.19. The molecule has 15 heavy (non-hydrogen) atoms. The van der Waals surface area contributed by atoms with E-state index in [1.165, 1.54) is 5.56 Å². The number of nitrogens with zero attached hydrogens (tertiary/aromatic N) is 1. The Morgan fingerprint density at radius 3 is 2.53 bits per heavy atom. The minimum Gasteiger partial charge on any atom is -0.496 e. The second-order valence-corrected chi connectivity index (χ2v) is 3.53. The summed E-state index contributed by atoms with van der Waals surface area (Å²) >= 11 is 0. The molecule has 86 valence electrons. The van der Waals surface area contributed by atoms with Crippen molar-refractivity contribution in [1.82, 2.24) is 5.01 Å². The van der Waals surface area contributed by atoms with Gasteiger partial charge in [0.1, 0.15) is 5.75 Å². The van der Waals surface area contributed by atoms with Crippen molar-refractivity contribution in [2.24, 2.45) is 5.84 Å². The van der Waals surface area contributed by atoms with Gasteiger partial charge in [-0.15, -0.1) is 12.4 Å². The van der Waals surface area contributed by atoms with Crippen LogP contribution in [0, 0.1) is 0 Å². The molecule has 1 unspecified atom stereocenters. The molecule has 0 aliphatic carbocycles. The molecule has 0 saturated heterocycles. The third-order valence-electron chi connectivity index (χ3n) is 2.40. The maximum Gasteiger partial charge on any atom is 0.122 e. The maximum absolute atomic E-state index is 5.67. The number of ether oxygens (including phenoxy) is 1. The van der Waals surface area contributed by atoms with Gasteiger partial charge in [0.15, 0.2) is 0 Å². The number of likely N-dealkylation sites (N-methyl/N-ethyl adjacent to an activating group) is 1. The number of hydrazine groups is 1. The number of hydrogen-bond acceptors (Lipinski definition) is 3. The van der Waals surface area contributed by atoms with Crippen molar-refractivity contribution in [3.05, 3.63) is 29.8 Å². The molecule has 0 fully saturated rings. The van der Waals surface area contributed by atoms with E-state index < -0.39 is 0 Å². The first-order valence-corrected chi connectivity index (χ1v) is 4.74. The van der Waals surface area contributed by atoms with E-state index in [-0.39, 0.29) is 12.4 Å². The fourth-order valence-corrected chi connectivity index (χ4v) is 1.33. The van der Waals surface area contributed by atoms with Crippen LogP contribution in [0.5, 0.6) is 5.75 Å². The molecular formula is C11H19ClN2O. The van der Waals surface area contributed by atoms with Crippen LogP contribution in [0.2, 0.25) is 0 Å². The number of para-hydroxylation sites is 1. The summed E-state index contributed by atoms with van der Waals surface area (Å²) in [6, 6.07) is 8.34. The van der Waals surface area contributed by atoms with Crippen molar-refractivity contribution >= 4 is 12.4 Å². The lowest BCUT2D eigenvalue weighted by atomic mass is 10.1. The van der Waals surface area contributed by atoms with Crippen LogP contribution in [0.3, 0.4) is 0 Å². The molecule has 1 aromatic rings. The number of halogens is 1. The maximum atomic E-state index is 5.67. The standard InChI is InChI=1S/C11H18N2O.ClH/c1-9(13(2)12)8-10-6-4-5-7-11(10)14-3;/h4-7,9H,8,12H2,1-3H3;1H. The van der Waals surface area contributed by atoms with Crippen molar-refractivity contribution in [3.63, 3.8) is 0 Å². The van der Waals surface area contributed by atoms with Gasteiger partial charge in [-0.1, -0.05) is 18.2 Å². The van der Waals surface area contributed by atoms with Gasteiger partial charge in [0.05, 0.1) is 7.11 Å². The van der Waals surface area contributed by atoms with Crippen molar-refractivity contribution in [2.75, 3.05) is 14.2 Å². The van der Waals surface area contributed by atoms with Crippen LogP contribution in [-0.4, -0.2) is 25.2 Å². The van der Waals surface area contributed by atoms with Gasteiger partial charge in [-0.2, -0.15) is 0 Å². The third kappa shape index (κ3) is 4.08.